The normalized spacial score (nSPS) is 10.6. The molecule has 0 unspecified atom stereocenters. The van der Waals surface area contributed by atoms with Crippen LogP contribution in [0.3, 0.4) is 0 Å². The molecule has 0 spiro atoms. The minimum Gasteiger partial charge on any atom is -0.457 e. The average molecular weight is 355 g/mol. The Morgan fingerprint density at radius 1 is 1.00 bits per heavy atom. The zero-order valence-corrected chi connectivity index (χ0v) is 13.2. The number of hydrogen-bond donors (Lipinski definition) is 0. The van der Waals surface area contributed by atoms with E-state index in [9.17, 15) is 4.39 Å². The van der Waals surface area contributed by atoms with Crippen molar-refractivity contribution in [2.24, 2.45) is 0 Å². The first-order valence-electron chi connectivity index (χ1n) is 6.56. The van der Waals surface area contributed by atoms with Crippen molar-refractivity contribution in [3.8, 4) is 11.5 Å². The van der Waals surface area contributed by atoms with Gasteiger partial charge in [-0.2, -0.15) is 0 Å². The molecule has 0 N–H and O–H groups in total. The third kappa shape index (κ3) is 5.12. The van der Waals surface area contributed by atoms with E-state index in [1.165, 1.54) is 12.1 Å². The second kappa shape index (κ2) is 8.12. The molecule has 0 fully saturated rings. The summed E-state index contributed by atoms with van der Waals surface area (Å²) in [4.78, 5) is 0. The molecule has 2 aromatic carbocycles. The molecule has 0 heterocycles. The Labute approximate surface area is 131 Å². The van der Waals surface area contributed by atoms with Gasteiger partial charge >= 0.3 is 0 Å². The van der Waals surface area contributed by atoms with Crippen molar-refractivity contribution in [3.05, 3.63) is 58.3 Å². The van der Waals surface area contributed by atoms with E-state index in [-0.39, 0.29) is 12.6 Å². The number of rotatable bonds is 7. The fraction of sp³-hybridized carbons (Fsp3) is 0.250. The summed E-state index contributed by atoms with van der Waals surface area (Å²) in [6.45, 7) is 3.21. The maximum absolute atomic E-state index is 12.9. The molecule has 0 saturated carbocycles. The SMILES string of the molecule is CCOCOCc1cc(Oc2ccc(F)cc2)ccc1Br. The molecule has 0 aromatic heterocycles. The molecule has 0 amide bonds. The molecule has 0 bridgehead atoms. The van der Waals surface area contributed by atoms with Crippen LogP contribution in [0.5, 0.6) is 11.5 Å². The van der Waals surface area contributed by atoms with Crippen LogP contribution in [0.4, 0.5) is 4.39 Å². The minimum absolute atomic E-state index is 0.256. The third-order valence-corrected chi connectivity index (χ3v) is 3.47. The first kappa shape index (κ1) is 15.9. The smallest absolute Gasteiger partial charge is 0.147 e. The maximum Gasteiger partial charge on any atom is 0.147 e. The summed E-state index contributed by atoms with van der Waals surface area (Å²) in [7, 11) is 0. The van der Waals surface area contributed by atoms with Gasteiger partial charge in [-0.25, -0.2) is 4.39 Å². The number of benzene rings is 2. The first-order chi connectivity index (χ1) is 10.2. The molecule has 0 aliphatic heterocycles. The molecule has 2 aromatic rings. The van der Waals surface area contributed by atoms with Crippen molar-refractivity contribution in [1.82, 2.24) is 0 Å². The molecule has 0 radical (unpaired) electrons. The predicted octanol–water partition coefficient (Wildman–Crippen LogP) is 4.89. The highest BCUT2D eigenvalue weighted by Crippen LogP contribution is 2.27. The van der Waals surface area contributed by atoms with Gasteiger partial charge in [0, 0.05) is 11.1 Å². The summed E-state index contributed by atoms with van der Waals surface area (Å²) in [6, 6.07) is 11.5. The monoisotopic (exact) mass is 354 g/mol. The van der Waals surface area contributed by atoms with E-state index < -0.39 is 0 Å². The highest BCUT2D eigenvalue weighted by Gasteiger charge is 2.04. The van der Waals surface area contributed by atoms with Gasteiger partial charge in [-0.15, -0.1) is 0 Å². The van der Waals surface area contributed by atoms with Crippen molar-refractivity contribution in [2.45, 2.75) is 13.5 Å². The molecule has 21 heavy (non-hydrogen) atoms. The lowest BCUT2D eigenvalue weighted by atomic mass is 10.2. The topological polar surface area (TPSA) is 27.7 Å². The van der Waals surface area contributed by atoms with Crippen LogP contribution in [0.2, 0.25) is 0 Å². The molecule has 0 aliphatic rings. The van der Waals surface area contributed by atoms with E-state index in [2.05, 4.69) is 15.9 Å². The Hall–Kier alpha value is -1.43. The lowest BCUT2D eigenvalue weighted by Gasteiger charge is -2.10. The first-order valence-corrected chi connectivity index (χ1v) is 7.35. The van der Waals surface area contributed by atoms with Crippen molar-refractivity contribution in [3.63, 3.8) is 0 Å². The summed E-state index contributed by atoms with van der Waals surface area (Å²) >= 11 is 3.47. The summed E-state index contributed by atoms with van der Waals surface area (Å²) in [5.74, 6) is 0.961. The molecule has 2 rings (SSSR count). The van der Waals surface area contributed by atoms with Gasteiger partial charge in [-0.3, -0.25) is 0 Å². The third-order valence-electron chi connectivity index (χ3n) is 2.69. The van der Waals surface area contributed by atoms with E-state index in [1.54, 1.807) is 12.1 Å². The van der Waals surface area contributed by atoms with Gasteiger partial charge in [0.25, 0.3) is 0 Å². The van der Waals surface area contributed by atoms with Crippen molar-refractivity contribution < 1.29 is 18.6 Å². The number of ether oxygens (including phenoxy) is 3. The lowest BCUT2D eigenvalue weighted by Crippen LogP contribution is -2.00. The van der Waals surface area contributed by atoms with Gasteiger partial charge in [0.15, 0.2) is 0 Å². The largest absolute Gasteiger partial charge is 0.457 e. The Bertz CT molecular complexity index is 572. The van der Waals surface area contributed by atoms with Gasteiger partial charge in [-0.1, -0.05) is 15.9 Å². The second-order valence-electron chi connectivity index (χ2n) is 4.27. The highest BCUT2D eigenvalue weighted by molar-refractivity contribution is 9.10. The van der Waals surface area contributed by atoms with Crippen molar-refractivity contribution in [1.29, 1.82) is 0 Å². The fourth-order valence-electron chi connectivity index (χ4n) is 1.66. The van der Waals surface area contributed by atoms with Gasteiger partial charge in [0.05, 0.1) is 6.61 Å². The molecule has 0 aliphatic carbocycles. The van der Waals surface area contributed by atoms with Crippen LogP contribution in [0.25, 0.3) is 0 Å². The second-order valence-corrected chi connectivity index (χ2v) is 5.12. The van der Waals surface area contributed by atoms with E-state index in [1.807, 2.05) is 25.1 Å². The van der Waals surface area contributed by atoms with Crippen LogP contribution in [-0.2, 0) is 16.1 Å². The van der Waals surface area contributed by atoms with Crippen LogP contribution < -0.4 is 4.74 Å². The standard InChI is InChI=1S/C16H16BrFO3/c1-2-19-11-20-10-12-9-15(7-8-16(12)17)21-14-5-3-13(18)4-6-14/h3-9H,2,10-11H2,1H3. The quantitative estimate of drug-likeness (QED) is 0.523. The zero-order chi connectivity index (χ0) is 15.1. The Morgan fingerprint density at radius 2 is 1.71 bits per heavy atom. The van der Waals surface area contributed by atoms with Gasteiger partial charge in [0.2, 0.25) is 0 Å². The Balaban J connectivity index is 2.01. The lowest BCUT2D eigenvalue weighted by molar-refractivity contribution is -0.0573. The molecule has 5 heteroatoms. The van der Waals surface area contributed by atoms with Gasteiger partial charge < -0.3 is 14.2 Å². The van der Waals surface area contributed by atoms with E-state index >= 15 is 0 Å². The molecule has 0 atom stereocenters. The Kier molecular flexibility index (Phi) is 6.17. The summed E-state index contributed by atoms with van der Waals surface area (Å²) in [5.41, 5.74) is 0.953. The van der Waals surface area contributed by atoms with E-state index in [0.29, 0.717) is 24.7 Å². The highest BCUT2D eigenvalue weighted by atomic mass is 79.9. The maximum atomic E-state index is 12.9. The van der Waals surface area contributed by atoms with Crippen LogP contribution >= 0.6 is 15.9 Å². The molecular weight excluding hydrogens is 339 g/mol. The van der Waals surface area contributed by atoms with Crippen LogP contribution in [0.1, 0.15) is 12.5 Å². The minimum atomic E-state index is -0.289. The molecule has 112 valence electrons. The Morgan fingerprint density at radius 3 is 2.43 bits per heavy atom. The zero-order valence-electron chi connectivity index (χ0n) is 11.6. The van der Waals surface area contributed by atoms with Gasteiger partial charge in [0.1, 0.15) is 24.1 Å². The van der Waals surface area contributed by atoms with Crippen LogP contribution in [0, 0.1) is 5.82 Å². The summed E-state index contributed by atoms with van der Waals surface area (Å²) < 4.78 is 30.0. The average Bonchev–Trinajstić information content (AvgIpc) is 2.49. The van der Waals surface area contributed by atoms with Crippen molar-refractivity contribution >= 4 is 15.9 Å². The fourth-order valence-corrected chi connectivity index (χ4v) is 2.02. The van der Waals surface area contributed by atoms with Crippen molar-refractivity contribution in [2.75, 3.05) is 13.4 Å². The number of halogens is 2. The summed E-state index contributed by atoms with van der Waals surface area (Å²) in [6.07, 6.45) is 0. The van der Waals surface area contributed by atoms with Crippen LogP contribution in [-0.4, -0.2) is 13.4 Å². The van der Waals surface area contributed by atoms with E-state index in [4.69, 9.17) is 14.2 Å². The van der Waals surface area contributed by atoms with Gasteiger partial charge in [-0.05, 0) is 55.0 Å². The van der Waals surface area contributed by atoms with E-state index in [0.717, 1.165) is 10.0 Å². The van der Waals surface area contributed by atoms with Crippen LogP contribution in [0.15, 0.2) is 46.9 Å². The number of hydrogen-bond acceptors (Lipinski definition) is 3. The molecular formula is C16H16BrFO3. The molecule has 0 saturated heterocycles. The molecule has 3 nitrogen and oxygen atoms in total. The predicted molar refractivity (Wildman–Crippen MR) is 81.9 cm³/mol. The summed E-state index contributed by atoms with van der Waals surface area (Å²) in [5, 5.41) is 0.